The maximum atomic E-state index is 11.8. The lowest BCUT2D eigenvalue weighted by molar-refractivity contribution is -0.274. The number of benzene rings is 1. The fourth-order valence-corrected chi connectivity index (χ4v) is 3.88. The number of hydrogen-bond acceptors (Lipinski definition) is 5. The van der Waals surface area contributed by atoms with Crippen molar-refractivity contribution in [1.29, 1.82) is 0 Å². The summed E-state index contributed by atoms with van der Waals surface area (Å²) in [5.41, 5.74) is -0.913. The van der Waals surface area contributed by atoms with E-state index in [2.05, 4.69) is 10.1 Å². The fourth-order valence-electron chi connectivity index (χ4n) is 3.38. The lowest BCUT2D eigenvalue weighted by Gasteiger charge is -2.47. The van der Waals surface area contributed by atoms with E-state index in [-0.39, 0.29) is 6.54 Å². The van der Waals surface area contributed by atoms with Crippen LogP contribution in [0.4, 0.5) is 0 Å². The lowest BCUT2D eigenvalue weighted by Crippen LogP contribution is -2.56. The van der Waals surface area contributed by atoms with E-state index in [9.17, 15) is 5.11 Å². The molecule has 6 nitrogen and oxygen atoms in total. The molecule has 0 radical (unpaired) electrons. The Bertz CT molecular complexity index is 749. The maximum absolute atomic E-state index is 11.8. The molecule has 0 amide bonds. The Hall–Kier alpha value is -1.18. The molecule has 1 N–H and O–H groups in total. The van der Waals surface area contributed by atoms with Crippen molar-refractivity contribution in [3.05, 3.63) is 46.5 Å². The predicted octanol–water partition coefficient (Wildman–Crippen LogP) is 3.74. The average molecular weight is 414 g/mol. The van der Waals surface area contributed by atoms with E-state index in [0.717, 1.165) is 12.0 Å². The summed E-state index contributed by atoms with van der Waals surface area (Å²) >= 11 is 12.3. The van der Waals surface area contributed by atoms with Crippen LogP contribution < -0.4 is 0 Å². The second-order valence-electron chi connectivity index (χ2n) is 7.51. The standard InChI is InChI=1S/C19H25Cl2N3O3/c1-18(2,17-26-8-3-9-27-17)19(25,11-24-13-22-12-23-24)7-6-14-4-5-15(20)10-16(14)21/h4-5,10,12-13,17,25H,3,6-9,11H2,1-2H3. The molecule has 1 aromatic heterocycles. The summed E-state index contributed by atoms with van der Waals surface area (Å²) in [5, 5.41) is 17.1. The van der Waals surface area contributed by atoms with Gasteiger partial charge in [0.2, 0.25) is 0 Å². The summed E-state index contributed by atoms with van der Waals surface area (Å²) in [6.07, 6.45) is 4.44. The topological polar surface area (TPSA) is 69.4 Å². The first kappa shape index (κ1) is 20.6. The third-order valence-electron chi connectivity index (χ3n) is 5.33. The molecular weight excluding hydrogens is 389 g/mol. The number of aryl methyl sites for hydroxylation is 1. The average Bonchev–Trinajstić information content (AvgIpc) is 3.14. The van der Waals surface area contributed by atoms with Gasteiger partial charge in [-0.3, -0.25) is 4.68 Å². The van der Waals surface area contributed by atoms with Gasteiger partial charge in [0.1, 0.15) is 12.7 Å². The van der Waals surface area contributed by atoms with Gasteiger partial charge < -0.3 is 14.6 Å². The summed E-state index contributed by atoms with van der Waals surface area (Å²) in [6, 6.07) is 5.41. The van der Waals surface area contributed by atoms with E-state index >= 15 is 0 Å². The monoisotopic (exact) mass is 413 g/mol. The molecule has 3 rings (SSSR count). The molecule has 8 heteroatoms. The van der Waals surface area contributed by atoms with E-state index in [0.29, 0.717) is 36.1 Å². The zero-order valence-electron chi connectivity index (χ0n) is 15.6. The highest BCUT2D eigenvalue weighted by Gasteiger charge is 2.50. The Kier molecular flexibility index (Phi) is 6.43. The minimum absolute atomic E-state index is 0.272. The molecule has 148 valence electrons. The Balaban J connectivity index is 1.84. The molecule has 1 aliphatic heterocycles. The number of halogens is 2. The molecule has 0 aliphatic carbocycles. The van der Waals surface area contributed by atoms with Crippen LogP contribution in [0.3, 0.4) is 0 Å². The molecule has 1 unspecified atom stereocenters. The first-order valence-corrected chi connectivity index (χ1v) is 9.79. The van der Waals surface area contributed by atoms with E-state index in [4.69, 9.17) is 32.7 Å². The first-order valence-electron chi connectivity index (χ1n) is 9.04. The van der Waals surface area contributed by atoms with Gasteiger partial charge in [-0.15, -0.1) is 0 Å². The van der Waals surface area contributed by atoms with Crippen LogP contribution in [0.5, 0.6) is 0 Å². The molecule has 1 fully saturated rings. The van der Waals surface area contributed by atoms with Gasteiger partial charge in [0.15, 0.2) is 6.29 Å². The van der Waals surface area contributed by atoms with Gasteiger partial charge in [0, 0.05) is 15.5 Å². The zero-order valence-corrected chi connectivity index (χ0v) is 17.1. The highest BCUT2D eigenvalue weighted by Crippen LogP contribution is 2.42. The summed E-state index contributed by atoms with van der Waals surface area (Å²) in [5.74, 6) is 0. The normalized spacial score (nSPS) is 18.4. The summed E-state index contributed by atoms with van der Waals surface area (Å²) in [7, 11) is 0. The minimum Gasteiger partial charge on any atom is -0.387 e. The molecule has 0 saturated carbocycles. The number of aromatic nitrogens is 3. The molecule has 1 aromatic carbocycles. The first-order chi connectivity index (χ1) is 12.8. The molecule has 0 bridgehead atoms. The molecule has 27 heavy (non-hydrogen) atoms. The van der Waals surface area contributed by atoms with Gasteiger partial charge in [0.25, 0.3) is 0 Å². The van der Waals surface area contributed by atoms with Crippen LogP contribution in [0.15, 0.2) is 30.9 Å². The van der Waals surface area contributed by atoms with Gasteiger partial charge in [0.05, 0.1) is 25.4 Å². The van der Waals surface area contributed by atoms with E-state index in [1.54, 1.807) is 23.1 Å². The number of rotatable bonds is 7. The van der Waals surface area contributed by atoms with Crippen LogP contribution in [0.25, 0.3) is 0 Å². The summed E-state index contributed by atoms with van der Waals surface area (Å²) < 4.78 is 13.3. The van der Waals surface area contributed by atoms with Crippen LogP contribution in [0.2, 0.25) is 10.0 Å². The SMILES string of the molecule is CC(C)(C1OCCCO1)C(O)(CCc1ccc(Cl)cc1Cl)Cn1cncn1. The number of hydrogen-bond donors (Lipinski definition) is 1. The number of aliphatic hydroxyl groups is 1. The van der Waals surface area contributed by atoms with Crippen molar-refractivity contribution in [1.82, 2.24) is 14.8 Å². The van der Waals surface area contributed by atoms with Crippen molar-refractivity contribution in [2.24, 2.45) is 5.41 Å². The molecule has 2 heterocycles. The number of ether oxygens (including phenoxy) is 2. The smallest absolute Gasteiger partial charge is 0.165 e. The Morgan fingerprint density at radius 3 is 2.63 bits per heavy atom. The molecular formula is C19H25Cl2N3O3. The maximum Gasteiger partial charge on any atom is 0.165 e. The summed E-state index contributed by atoms with van der Waals surface area (Å²) in [4.78, 5) is 3.99. The second kappa shape index (κ2) is 8.45. The Morgan fingerprint density at radius 2 is 2.00 bits per heavy atom. The van der Waals surface area contributed by atoms with E-state index in [1.807, 2.05) is 19.9 Å². The highest BCUT2D eigenvalue weighted by molar-refractivity contribution is 6.35. The van der Waals surface area contributed by atoms with E-state index < -0.39 is 17.3 Å². The Morgan fingerprint density at radius 1 is 1.26 bits per heavy atom. The van der Waals surface area contributed by atoms with Crippen molar-refractivity contribution in [2.45, 2.75) is 51.5 Å². The van der Waals surface area contributed by atoms with Crippen molar-refractivity contribution in [2.75, 3.05) is 13.2 Å². The van der Waals surface area contributed by atoms with Crippen LogP contribution in [-0.4, -0.2) is 45.0 Å². The van der Waals surface area contributed by atoms with Crippen LogP contribution in [-0.2, 0) is 22.4 Å². The molecule has 2 aromatic rings. The molecule has 1 aliphatic rings. The Labute approximate surface area is 169 Å². The second-order valence-corrected chi connectivity index (χ2v) is 8.35. The largest absolute Gasteiger partial charge is 0.387 e. The summed E-state index contributed by atoms with van der Waals surface area (Å²) in [6.45, 7) is 5.44. The highest BCUT2D eigenvalue weighted by atomic mass is 35.5. The predicted molar refractivity (Wildman–Crippen MR) is 104 cm³/mol. The van der Waals surface area contributed by atoms with Gasteiger partial charge in [-0.2, -0.15) is 5.10 Å². The van der Waals surface area contributed by atoms with Crippen LogP contribution in [0, 0.1) is 5.41 Å². The number of nitrogens with zero attached hydrogens (tertiary/aromatic N) is 3. The van der Waals surface area contributed by atoms with E-state index in [1.165, 1.54) is 6.33 Å². The minimum atomic E-state index is -1.16. The zero-order chi connectivity index (χ0) is 19.5. The molecule has 1 atom stereocenters. The fraction of sp³-hybridized carbons (Fsp3) is 0.579. The molecule has 1 saturated heterocycles. The quantitative estimate of drug-likeness (QED) is 0.748. The third kappa shape index (κ3) is 4.63. The van der Waals surface area contributed by atoms with Crippen LogP contribution in [0.1, 0.15) is 32.3 Å². The van der Waals surface area contributed by atoms with Crippen LogP contribution >= 0.6 is 23.2 Å². The van der Waals surface area contributed by atoms with Gasteiger partial charge in [-0.1, -0.05) is 43.1 Å². The van der Waals surface area contributed by atoms with Crippen molar-refractivity contribution in [3.8, 4) is 0 Å². The van der Waals surface area contributed by atoms with Crippen molar-refractivity contribution in [3.63, 3.8) is 0 Å². The molecule has 0 spiro atoms. The third-order valence-corrected chi connectivity index (χ3v) is 5.92. The van der Waals surface area contributed by atoms with Crippen molar-refractivity contribution < 1.29 is 14.6 Å². The van der Waals surface area contributed by atoms with Crippen molar-refractivity contribution >= 4 is 23.2 Å². The van der Waals surface area contributed by atoms with Gasteiger partial charge in [-0.05, 0) is 37.0 Å². The lowest BCUT2D eigenvalue weighted by atomic mass is 9.70. The van der Waals surface area contributed by atoms with Gasteiger partial charge in [-0.25, -0.2) is 4.98 Å². The van der Waals surface area contributed by atoms with Gasteiger partial charge >= 0.3 is 0 Å².